The molecule has 0 unspecified atom stereocenters. The highest BCUT2D eigenvalue weighted by molar-refractivity contribution is 5.63. The van der Waals surface area contributed by atoms with Crippen LogP contribution in [-0.2, 0) is 12.8 Å². The van der Waals surface area contributed by atoms with E-state index < -0.39 is 0 Å². The molecule has 3 rings (SSSR count). The lowest BCUT2D eigenvalue weighted by molar-refractivity contribution is 0.403. The summed E-state index contributed by atoms with van der Waals surface area (Å²) in [6, 6.07) is 24.2. The zero-order chi connectivity index (χ0) is 16.8. The Labute approximate surface area is 143 Å². The van der Waals surface area contributed by atoms with Gasteiger partial charge < -0.3 is 10.2 Å². The van der Waals surface area contributed by atoms with E-state index in [0.29, 0.717) is 0 Å². The first-order valence-corrected chi connectivity index (χ1v) is 8.37. The standard InChI is InChI=1S/C22H22O2/c23-21-15-12-18(16-22(21)24)7-5-4-6-17-10-13-20(14-11-17)19-8-2-1-3-9-19/h1-3,8-16,23-24H,4-7H2. The lowest BCUT2D eigenvalue weighted by atomic mass is 10.0. The predicted octanol–water partition coefficient (Wildman–Crippen LogP) is 5.33. The number of phenols is 2. The molecule has 0 saturated carbocycles. The SMILES string of the molecule is Oc1ccc(CCCCc2ccc(-c3ccccc3)cc2)cc1O. The lowest BCUT2D eigenvalue weighted by Gasteiger charge is -2.06. The zero-order valence-corrected chi connectivity index (χ0v) is 13.7. The van der Waals surface area contributed by atoms with Gasteiger partial charge in [0, 0.05) is 0 Å². The molecule has 24 heavy (non-hydrogen) atoms. The van der Waals surface area contributed by atoms with Crippen LogP contribution < -0.4 is 0 Å². The normalized spacial score (nSPS) is 10.7. The maximum absolute atomic E-state index is 9.50. The van der Waals surface area contributed by atoms with Crippen LogP contribution in [0.15, 0.2) is 72.8 Å². The average molecular weight is 318 g/mol. The van der Waals surface area contributed by atoms with Crippen molar-refractivity contribution in [2.24, 2.45) is 0 Å². The molecule has 0 fully saturated rings. The summed E-state index contributed by atoms with van der Waals surface area (Å²) < 4.78 is 0. The van der Waals surface area contributed by atoms with Gasteiger partial charge in [-0.05, 0) is 60.1 Å². The number of aromatic hydroxyl groups is 2. The van der Waals surface area contributed by atoms with Gasteiger partial charge in [0.25, 0.3) is 0 Å². The van der Waals surface area contributed by atoms with Crippen LogP contribution in [0, 0.1) is 0 Å². The minimum Gasteiger partial charge on any atom is -0.504 e. The van der Waals surface area contributed by atoms with Crippen LogP contribution in [-0.4, -0.2) is 10.2 Å². The topological polar surface area (TPSA) is 40.5 Å². The second-order valence-corrected chi connectivity index (χ2v) is 6.09. The van der Waals surface area contributed by atoms with Crippen LogP contribution in [0.1, 0.15) is 24.0 Å². The Morgan fingerprint density at radius 3 is 1.79 bits per heavy atom. The number of benzene rings is 3. The van der Waals surface area contributed by atoms with Gasteiger partial charge in [0.1, 0.15) is 0 Å². The van der Waals surface area contributed by atoms with E-state index in [1.807, 2.05) is 12.1 Å². The second-order valence-electron chi connectivity index (χ2n) is 6.09. The van der Waals surface area contributed by atoms with Crippen molar-refractivity contribution in [1.29, 1.82) is 0 Å². The lowest BCUT2D eigenvalue weighted by Crippen LogP contribution is -1.90. The van der Waals surface area contributed by atoms with E-state index in [-0.39, 0.29) is 11.5 Å². The second kappa shape index (κ2) is 7.69. The highest BCUT2D eigenvalue weighted by Gasteiger charge is 2.01. The predicted molar refractivity (Wildman–Crippen MR) is 98.3 cm³/mol. The Hall–Kier alpha value is -2.74. The quantitative estimate of drug-likeness (QED) is 0.476. The molecular formula is C22H22O2. The van der Waals surface area contributed by atoms with Gasteiger partial charge in [-0.3, -0.25) is 0 Å². The minimum atomic E-state index is -0.0581. The molecule has 2 heteroatoms. The molecule has 0 aliphatic rings. The number of unbranched alkanes of at least 4 members (excludes halogenated alkanes) is 1. The fourth-order valence-electron chi connectivity index (χ4n) is 2.88. The van der Waals surface area contributed by atoms with E-state index in [1.165, 1.54) is 16.7 Å². The van der Waals surface area contributed by atoms with Gasteiger partial charge in [0.2, 0.25) is 0 Å². The van der Waals surface area contributed by atoms with E-state index >= 15 is 0 Å². The fraction of sp³-hybridized carbons (Fsp3) is 0.182. The molecule has 0 saturated heterocycles. The van der Waals surface area contributed by atoms with Gasteiger partial charge >= 0.3 is 0 Å². The van der Waals surface area contributed by atoms with E-state index in [4.69, 9.17) is 0 Å². The highest BCUT2D eigenvalue weighted by Crippen LogP contribution is 2.25. The summed E-state index contributed by atoms with van der Waals surface area (Å²) in [5.74, 6) is -0.0961. The molecule has 0 aliphatic heterocycles. The van der Waals surface area contributed by atoms with Gasteiger partial charge in [-0.15, -0.1) is 0 Å². The van der Waals surface area contributed by atoms with Crippen molar-refractivity contribution in [2.45, 2.75) is 25.7 Å². The number of hydrogen-bond donors (Lipinski definition) is 2. The van der Waals surface area contributed by atoms with Crippen molar-refractivity contribution >= 4 is 0 Å². The maximum Gasteiger partial charge on any atom is 0.157 e. The first-order valence-electron chi connectivity index (χ1n) is 8.37. The molecule has 0 heterocycles. The van der Waals surface area contributed by atoms with E-state index in [1.54, 1.807) is 12.1 Å². The molecule has 0 amide bonds. The first kappa shape index (κ1) is 16.1. The number of rotatable bonds is 6. The third-order valence-electron chi connectivity index (χ3n) is 4.28. The van der Waals surface area contributed by atoms with Gasteiger partial charge in [-0.25, -0.2) is 0 Å². The number of hydrogen-bond acceptors (Lipinski definition) is 2. The Kier molecular flexibility index (Phi) is 5.17. The molecular weight excluding hydrogens is 296 g/mol. The third-order valence-corrected chi connectivity index (χ3v) is 4.28. The van der Waals surface area contributed by atoms with E-state index in [9.17, 15) is 10.2 Å². The maximum atomic E-state index is 9.50. The number of phenolic OH excluding ortho intramolecular Hbond substituents is 2. The van der Waals surface area contributed by atoms with E-state index in [0.717, 1.165) is 31.2 Å². The summed E-state index contributed by atoms with van der Waals surface area (Å²) in [5, 5.41) is 18.8. The molecule has 0 aromatic heterocycles. The molecule has 3 aromatic rings. The van der Waals surface area contributed by atoms with Crippen LogP contribution in [0.2, 0.25) is 0 Å². The summed E-state index contributed by atoms with van der Waals surface area (Å²) in [4.78, 5) is 0. The summed E-state index contributed by atoms with van der Waals surface area (Å²) in [6.45, 7) is 0. The largest absolute Gasteiger partial charge is 0.504 e. The van der Waals surface area contributed by atoms with Crippen LogP contribution in [0.4, 0.5) is 0 Å². The molecule has 0 bridgehead atoms. The molecule has 2 N–H and O–H groups in total. The summed E-state index contributed by atoms with van der Waals surface area (Å²) in [5.41, 5.74) is 4.91. The van der Waals surface area contributed by atoms with Crippen molar-refractivity contribution in [1.82, 2.24) is 0 Å². The molecule has 0 atom stereocenters. The number of aryl methyl sites for hydroxylation is 2. The van der Waals surface area contributed by atoms with Crippen LogP contribution in [0.3, 0.4) is 0 Å². The molecule has 2 nitrogen and oxygen atoms in total. The zero-order valence-electron chi connectivity index (χ0n) is 13.7. The van der Waals surface area contributed by atoms with Gasteiger partial charge in [-0.2, -0.15) is 0 Å². The van der Waals surface area contributed by atoms with Crippen molar-refractivity contribution in [3.63, 3.8) is 0 Å². The smallest absolute Gasteiger partial charge is 0.157 e. The Balaban J connectivity index is 1.49. The van der Waals surface area contributed by atoms with E-state index in [2.05, 4.69) is 48.5 Å². The molecule has 3 aromatic carbocycles. The van der Waals surface area contributed by atoms with Crippen LogP contribution in [0.5, 0.6) is 11.5 Å². The van der Waals surface area contributed by atoms with Crippen LogP contribution >= 0.6 is 0 Å². The monoisotopic (exact) mass is 318 g/mol. The van der Waals surface area contributed by atoms with Crippen molar-refractivity contribution in [3.05, 3.63) is 83.9 Å². The van der Waals surface area contributed by atoms with Gasteiger partial charge in [0.05, 0.1) is 0 Å². The Morgan fingerprint density at radius 1 is 0.542 bits per heavy atom. The summed E-state index contributed by atoms with van der Waals surface area (Å²) in [6.07, 6.45) is 4.13. The highest BCUT2D eigenvalue weighted by atomic mass is 16.3. The third kappa shape index (κ3) is 4.17. The average Bonchev–Trinajstić information content (AvgIpc) is 2.63. The Bertz CT molecular complexity index is 777. The molecule has 122 valence electrons. The van der Waals surface area contributed by atoms with Gasteiger partial charge in [0.15, 0.2) is 11.5 Å². The van der Waals surface area contributed by atoms with Crippen molar-refractivity contribution < 1.29 is 10.2 Å². The first-order chi connectivity index (χ1) is 11.7. The molecule has 0 radical (unpaired) electrons. The Morgan fingerprint density at radius 2 is 1.12 bits per heavy atom. The molecule has 0 spiro atoms. The summed E-state index contributed by atoms with van der Waals surface area (Å²) >= 11 is 0. The van der Waals surface area contributed by atoms with Gasteiger partial charge in [-0.1, -0.05) is 60.7 Å². The van der Waals surface area contributed by atoms with Crippen molar-refractivity contribution in [2.75, 3.05) is 0 Å². The van der Waals surface area contributed by atoms with Crippen LogP contribution in [0.25, 0.3) is 11.1 Å². The minimum absolute atomic E-state index is 0.0380. The van der Waals surface area contributed by atoms with Crippen molar-refractivity contribution in [3.8, 4) is 22.6 Å². The molecule has 0 aliphatic carbocycles. The fourth-order valence-corrected chi connectivity index (χ4v) is 2.88. The summed E-state index contributed by atoms with van der Waals surface area (Å²) in [7, 11) is 0.